The van der Waals surface area contributed by atoms with Crippen LogP contribution in [0, 0.1) is 10.1 Å². The van der Waals surface area contributed by atoms with Crippen molar-refractivity contribution in [1.29, 1.82) is 0 Å². The van der Waals surface area contributed by atoms with Gasteiger partial charge in [-0.2, -0.15) is 0 Å². The minimum Gasteiger partial charge on any atom is -0.493 e. The minimum atomic E-state index is -0.458. The fourth-order valence-electron chi connectivity index (χ4n) is 2.25. The van der Waals surface area contributed by atoms with Crippen LogP contribution in [-0.4, -0.2) is 16.5 Å². The number of hydrogen-bond acceptors (Lipinski definition) is 5. The van der Waals surface area contributed by atoms with Crippen LogP contribution in [0.1, 0.15) is 18.0 Å². The van der Waals surface area contributed by atoms with Gasteiger partial charge < -0.3 is 10.1 Å². The maximum absolute atomic E-state index is 10.6. The molecule has 3 rings (SSSR count). The predicted molar refractivity (Wildman–Crippen MR) is 73.8 cm³/mol. The summed E-state index contributed by atoms with van der Waals surface area (Å²) in [4.78, 5) is 14.2. The van der Waals surface area contributed by atoms with E-state index in [2.05, 4.69) is 10.3 Å². The van der Waals surface area contributed by atoms with Crippen molar-refractivity contribution in [2.45, 2.75) is 12.5 Å². The average Bonchev–Trinajstić information content (AvgIpc) is 2.48. The number of anilines is 1. The third-order valence-corrected chi connectivity index (χ3v) is 3.24. The summed E-state index contributed by atoms with van der Waals surface area (Å²) in [5.41, 5.74) is 1.07. The van der Waals surface area contributed by atoms with E-state index in [9.17, 15) is 10.1 Å². The first kappa shape index (κ1) is 12.4. The number of nitro groups is 1. The maximum Gasteiger partial charge on any atom is 0.287 e. The Bertz CT molecular complexity index is 628. The zero-order valence-corrected chi connectivity index (χ0v) is 10.7. The summed E-state index contributed by atoms with van der Waals surface area (Å²) in [6.45, 7) is 0.641. The average molecular weight is 271 g/mol. The highest BCUT2D eigenvalue weighted by Gasteiger charge is 2.21. The number of ether oxygens (including phenoxy) is 1. The van der Waals surface area contributed by atoms with E-state index in [4.69, 9.17) is 4.74 Å². The fourth-order valence-corrected chi connectivity index (χ4v) is 2.25. The summed E-state index contributed by atoms with van der Waals surface area (Å²) in [7, 11) is 0. The summed E-state index contributed by atoms with van der Waals surface area (Å²) in [6, 6.07) is 11.0. The van der Waals surface area contributed by atoms with Crippen molar-refractivity contribution in [1.82, 2.24) is 4.98 Å². The molecule has 0 bridgehead atoms. The standard InChI is InChI=1S/C14H13N3O3/c18-17(19)10-5-6-14(15-9-10)16-12-7-8-20-13-4-2-1-3-11(12)13/h1-6,9,12H,7-8H2,(H,15,16)/t12-/m0/s1. The van der Waals surface area contributed by atoms with E-state index in [1.165, 1.54) is 12.3 Å². The van der Waals surface area contributed by atoms with E-state index in [0.717, 1.165) is 17.7 Å². The summed E-state index contributed by atoms with van der Waals surface area (Å²) in [5, 5.41) is 13.9. The van der Waals surface area contributed by atoms with Gasteiger partial charge in [0, 0.05) is 18.1 Å². The van der Waals surface area contributed by atoms with Crippen molar-refractivity contribution in [2.24, 2.45) is 0 Å². The van der Waals surface area contributed by atoms with E-state index in [1.54, 1.807) is 6.07 Å². The summed E-state index contributed by atoms with van der Waals surface area (Å²) < 4.78 is 5.59. The Hall–Kier alpha value is -2.63. The molecule has 0 unspecified atom stereocenters. The van der Waals surface area contributed by atoms with Gasteiger partial charge in [-0.15, -0.1) is 0 Å². The lowest BCUT2D eigenvalue weighted by Crippen LogP contribution is -2.20. The third-order valence-electron chi connectivity index (χ3n) is 3.24. The molecule has 0 radical (unpaired) electrons. The predicted octanol–water partition coefficient (Wildman–Crippen LogP) is 2.93. The highest BCUT2D eigenvalue weighted by atomic mass is 16.6. The first-order valence-electron chi connectivity index (χ1n) is 6.33. The lowest BCUT2D eigenvalue weighted by Gasteiger charge is -2.26. The Morgan fingerprint density at radius 1 is 1.30 bits per heavy atom. The van der Waals surface area contributed by atoms with Crippen LogP contribution in [0.25, 0.3) is 0 Å². The van der Waals surface area contributed by atoms with Gasteiger partial charge in [0.15, 0.2) is 0 Å². The number of benzene rings is 1. The van der Waals surface area contributed by atoms with Crippen molar-refractivity contribution in [2.75, 3.05) is 11.9 Å². The number of rotatable bonds is 3. The number of para-hydroxylation sites is 1. The second kappa shape index (κ2) is 5.16. The number of hydrogen-bond donors (Lipinski definition) is 1. The van der Waals surface area contributed by atoms with E-state index in [-0.39, 0.29) is 11.7 Å². The number of nitrogens with one attached hydrogen (secondary N) is 1. The van der Waals surface area contributed by atoms with E-state index in [1.807, 2.05) is 24.3 Å². The van der Waals surface area contributed by atoms with Crippen molar-refractivity contribution >= 4 is 11.5 Å². The molecule has 0 saturated heterocycles. The fraction of sp³-hybridized carbons (Fsp3) is 0.214. The van der Waals surface area contributed by atoms with E-state index < -0.39 is 4.92 Å². The van der Waals surface area contributed by atoms with Crippen LogP contribution >= 0.6 is 0 Å². The van der Waals surface area contributed by atoms with Gasteiger partial charge in [0.25, 0.3) is 5.69 Å². The molecule has 20 heavy (non-hydrogen) atoms. The zero-order chi connectivity index (χ0) is 13.9. The van der Waals surface area contributed by atoms with E-state index in [0.29, 0.717) is 12.4 Å². The van der Waals surface area contributed by atoms with Crippen molar-refractivity contribution in [3.8, 4) is 5.75 Å². The molecule has 1 aromatic heterocycles. The normalized spacial score (nSPS) is 16.9. The second-order valence-electron chi connectivity index (χ2n) is 4.53. The SMILES string of the molecule is O=[N+]([O-])c1ccc(N[C@H]2CCOc3ccccc32)nc1. The highest BCUT2D eigenvalue weighted by molar-refractivity contribution is 5.46. The van der Waals surface area contributed by atoms with Gasteiger partial charge in [0.1, 0.15) is 17.8 Å². The number of fused-ring (bicyclic) bond motifs is 1. The molecule has 6 heteroatoms. The van der Waals surface area contributed by atoms with Crippen LogP contribution in [0.15, 0.2) is 42.6 Å². The van der Waals surface area contributed by atoms with Crippen LogP contribution in [0.3, 0.4) is 0 Å². The summed E-state index contributed by atoms with van der Waals surface area (Å²) in [5.74, 6) is 1.50. The Kier molecular flexibility index (Phi) is 3.20. The molecule has 1 aromatic carbocycles. The lowest BCUT2D eigenvalue weighted by atomic mass is 10.0. The zero-order valence-electron chi connectivity index (χ0n) is 10.7. The maximum atomic E-state index is 10.6. The number of nitrogens with zero attached hydrogens (tertiary/aromatic N) is 2. The molecular weight excluding hydrogens is 258 g/mol. The first-order chi connectivity index (χ1) is 9.74. The van der Waals surface area contributed by atoms with Crippen LogP contribution in [0.5, 0.6) is 5.75 Å². The molecule has 1 aliphatic heterocycles. The number of aromatic nitrogens is 1. The van der Waals surface area contributed by atoms with Crippen LogP contribution in [0.4, 0.5) is 11.5 Å². The number of pyridine rings is 1. The van der Waals surface area contributed by atoms with E-state index >= 15 is 0 Å². The topological polar surface area (TPSA) is 77.3 Å². The van der Waals surface area contributed by atoms with Crippen molar-refractivity contribution in [3.05, 3.63) is 58.3 Å². The highest BCUT2D eigenvalue weighted by Crippen LogP contribution is 2.33. The molecule has 1 N–H and O–H groups in total. The van der Waals surface area contributed by atoms with Gasteiger partial charge in [0.2, 0.25) is 0 Å². The lowest BCUT2D eigenvalue weighted by molar-refractivity contribution is -0.385. The van der Waals surface area contributed by atoms with Gasteiger partial charge in [-0.1, -0.05) is 18.2 Å². The molecule has 2 aromatic rings. The largest absolute Gasteiger partial charge is 0.493 e. The molecule has 1 aliphatic rings. The van der Waals surface area contributed by atoms with Crippen LogP contribution in [-0.2, 0) is 0 Å². The van der Waals surface area contributed by atoms with Gasteiger partial charge in [0.05, 0.1) is 17.6 Å². The Labute approximate surface area is 115 Å². The van der Waals surface area contributed by atoms with Crippen LogP contribution in [0.2, 0.25) is 0 Å². The summed E-state index contributed by atoms with van der Waals surface area (Å²) in [6.07, 6.45) is 2.09. The molecule has 0 saturated carbocycles. The first-order valence-corrected chi connectivity index (χ1v) is 6.33. The van der Waals surface area contributed by atoms with Crippen molar-refractivity contribution < 1.29 is 9.66 Å². The molecule has 6 nitrogen and oxygen atoms in total. The quantitative estimate of drug-likeness (QED) is 0.686. The Morgan fingerprint density at radius 2 is 2.15 bits per heavy atom. The molecule has 0 fully saturated rings. The van der Waals surface area contributed by atoms with Crippen LogP contribution < -0.4 is 10.1 Å². The molecule has 1 atom stereocenters. The molecule has 0 spiro atoms. The monoisotopic (exact) mass is 271 g/mol. The van der Waals surface area contributed by atoms with Gasteiger partial charge in [-0.05, 0) is 12.1 Å². The Balaban J connectivity index is 1.80. The molecule has 102 valence electrons. The second-order valence-corrected chi connectivity index (χ2v) is 4.53. The van der Waals surface area contributed by atoms with Gasteiger partial charge in [-0.3, -0.25) is 10.1 Å². The summed E-state index contributed by atoms with van der Waals surface area (Å²) >= 11 is 0. The molecule has 0 amide bonds. The van der Waals surface area contributed by atoms with Gasteiger partial charge in [-0.25, -0.2) is 4.98 Å². The van der Waals surface area contributed by atoms with Gasteiger partial charge >= 0.3 is 0 Å². The van der Waals surface area contributed by atoms with Crippen molar-refractivity contribution in [3.63, 3.8) is 0 Å². The third kappa shape index (κ3) is 2.40. The smallest absolute Gasteiger partial charge is 0.287 e. The Morgan fingerprint density at radius 3 is 2.90 bits per heavy atom. The molecule has 0 aliphatic carbocycles. The minimum absolute atomic E-state index is 0.0112. The molecular formula is C14H13N3O3. The molecule has 2 heterocycles.